The third-order valence-electron chi connectivity index (χ3n) is 4.94. The van der Waals surface area contributed by atoms with Crippen LogP contribution in [0.1, 0.15) is 51.9 Å². The molecule has 1 heterocycles. The van der Waals surface area contributed by atoms with Gasteiger partial charge in [0.1, 0.15) is 0 Å². The Labute approximate surface area is 105 Å². The van der Waals surface area contributed by atoms with Gasteiger partial charge < -0.3 is 15.7 Å². The second kappa shape index (κ2) is 5.25. The molecule has 1 aliphatic heterocycles. The van der Waals surface area contributed by atoms with Crippen molar-refractivity contribution in [3.05, 3.63) is 0 Å². The van der Waals surface area contributed by atoms with Gasteiger partial charge in [-0.2, -0.15) is 0 Å². The minimum absolute atomic E-state index is 0.0881. The molecule has 0 amide bonds. The zero-order chi connectivity index (χ0) is 12.4. The Balaban J connectivity index is 1.72. The van der Waals surface area contributed by atoms with E-state index in [9.17, 15) is 0 Å². The van der Waals surface area contributed by atoms with Crippen molar-refractivity contribution < 1.29 is 5.11 Å². The zero-order valence-electron chi connectivity index (χ0n) is 11.2. The van der Waals surface area contributed by atoms with Gasteiger partial charge >= 0.3 is 0 Å². The molecule has 100 valence electrons. The van der Waals surface area contributed by atoms with E-state index in [4.69, 9.17) is 10.8 Å². The summed E-state index contributed by atoms with van der Waals surface area (Å²) in [6.45, 7) is 5.55. The van der Waals surface area contributed by atoms with Crippen molar-refractivity contribution >= 4 is 0 Å². The minimum Gasteiger partial charge on any atom is -0.394 e. The molecule has 0 bridgehead atoms. The van der Waals surface area contributed by atoms with E-state index in [2.05, 4.69) is 4.90 Å². The fourth-order valence-corrected chi connectivity index (χ4v) is 3.37. The maximum atomic E-state index is 9.15. The third-order valence-corrected chi connectivity index (χ3v) is 4.94. The second-order valence-electron chi connectivity index (χ2n) is 6.61. The molecule has 1 saturated carbocycles. The van der Waals surface area contributed by atoms with Crippen molar-refractivity contribution in [3.8, 4) is 0 Å². The summed E-state index contributed by atoms with van der Waals surface area (Å²) in [5.74, 6) is 0. The van der Waals surface area contributed by atoms with Crippen LogP contribution in [0, 0.1) is 5.41 Å². The summed E-state index contributed by atoms with van der Waals surface area (Å²) in [5, 5.41) is 9.15. The van der Waals surface area contributed by atoms with Gasteiger partial charge in [-0.25, -0.2) is 0 Å². The molecule has 3 nitrogen and oxygen atoms in total. The summed E-state index contributed by atoms with van der Waals surface area (Å²) < 4.78 is 0. The summed E-state index contributed by atoms with van der Waals surface area (Å²) in [6, 6.07) is 0. The fraction of sp³-hybridized carbons (Fsp3) is 1.00. The molecule has 2 rings (SSSR count). The van der Waals surface area contributed by atoms with Gasteiger partial charge in [0.2, 0.25) is 0 Å². The van der Waals surface area contributed by atoms with Gasteiger partial charge in [0, 0.05) is 5.54 Å². The predicted molar refractivity (Wildman–Crippen MR) is 70.9 cm³/mol. The van der Waals surface area contributed by atoms with E-state index in [0.717, 1.165) is 13.0 Å². The van der Waals surface area contributed by atoms with Gasteiger partial charge in [-0.15, -0.1) is 0 Å². The highest BCUT2D eigenvalue weighted by Crippen LogP contribution is 2.46. The smallest absolute Gasteiger partial charge is 0.0608 e. The molecule has 1 spiro atoms. The lowest BCUT2D eigenvalue weighted by Crippen LogP contribution is -2.46. The number of aliphatic hydroxyl groups is 1. The average Bonchev–Trinajstić information content (AvgIpc) is 2.77. The lowest BCUT2D eigenvalue weighted by atomic mass is 9.77. The molecule has 1 saturated heterocycles. The highest BCUT2D eigenvalue weighted by Gasteiger charge is 2.36. The van der Waals surface area contributed by atoms with E-state index in [1.54, 1.807) is 0 Å². The molecule has 17 heavy (non-hydrogen) atoms. The molecule has 1 unspecified atom stereocenters. The van der Waals surface area contributed by atoms with Gasteiger partial charge in [0.25, 0.3) is 0 Å². The largest absolute Gasteiger partial charge is 0.394 e. The van der Waals surface area contributed by atoms with Gasteiger partial charge in [0.05, 0.1) is 6.61 Å². The zero-order valence-corrected chi connectivity index (χ0v) is 11.2. The van der Waals surface area contributed by atoms with Crippen molar-refractivity contribution in [2.24, 2.45) is 11.1 Å². The first-order valence-electron chi connectivity index (χ1n) is 7.17. The Morgan fingerprint density at radius 3 is 2.29 bits per heavy atom. The van der Waals surface area contributed by atoms with Crippen LogP contribution in [-0.2, 0) is 0 Å². The highest BCUT2D eigenvalue weighted by atomic mass is 16.3. The van der Waals surface area contributed by atoms with E-state index in [1.807, 2.05) is 6.92 Å². The molecule has 3 N–H and O–H groups in total. The molecule has 2 aliphatic rings. The first kappa shape index (κ1) is 13.3. The molecule has 1 aliphatic carbocycles. The molecular weight excluding hydrogens is 212 g/mol. The normalized spacial score (nSPS) is 28.4. The molecule has 2 fully saturated rings. The van der Waals surface area contributed by atoms with Gasteiger partial charge in [0.15, 0.2) is 0 Å². The van der Waals surface area contributed by atoms with Crippen LogP contribution in [0.5, 0.6) is 0 Å². The van der Waals surface area contributed by atoms with Crippen LogP contribution in [0.4, 0.5) is 0 Å². The summed E-state index contributed by atoms with van der Waals surface area (Å²) in [7, 11) is 0. The summed E-state index contributed by atoms with van der Waals surface area (Å²) in [5.41, 5.74) is 6.28. The van der Waals surface area contributed by atoms with Crippen LogP contribution < -0.4 is 5.73 Å². The maximum Gasteiger partial charge on any atom is 0.0608 e. The lowest BCUT2D eigenvalue weighted by Gasteiger charge is -2.40. The number of rotatable bonds is 4. The van der Waals surface area contributed by atoms with Crippen LogP contribution in [0.25, 0.3) is 0 Å². The van der Waals surface area contributed by atoms with Crippen molar-refractivity contribution in [1.29, 1.82) is 0 Å². The monoisotopic (exact) mass is 240 g/mol. The van der Waals surface area contributed by atoms with Crippen LogP contribution in [0.15, 0.2) is 0 Å². The van der Waals surface area contributed by atoms with Crippen molar-refractivity contribution in [2.45, 2.75) is 57.4 Å². The van der Waals surface area contributed by atoms with E-state index in [-0.39, 0.29) is 6.61 Å². The Hall–Kier alpha value is -0.120. The van der Waals surface area contributed by atoms with Crippen LogP contribution in [0.2, 0.25) is 0 Å². The standard InChI is InChI=1S/C14H28N2O/c1-13(15,12-17)6-9-16-10-7-14(8-11-16)4-2-3-5-14/h17H,2-12,15H2,1H3. The number of hydrogen-bond acceptors (Lipinski definition) is 3. The quantitative estimate of drug-likeness (QED) is 0.787. The Morgan fingerprint density at radius 1 is 1.18 bits per heavy atom. The number of likely N-dealkylation sites (tertiary alicyclic amines) is 1. The number of nitrogens with two attached hydrogens (primary N) is 1. The van der Waals surface area contributed by atoms with Crippen LogP contribution in [-0.4, -0.2) is 41.8 Å². The average molecular weight is 240 g/mol. The molecule has 0 aromatic carbocycles. The first-order chi connectivity index (χ1) is 8.05. The maximum absolute atomic E-state index is 9.15. The SMILES string of the molecule is CC(N)(CO)CCN1CCC2(CCCC2)CC1. The lowest BCUT2D eigenvalue weighted by molar-refractivity contribution is 0.0963. The van der Waals surface area contributed by atoms with E-state index in [1.165, 1.54) is 51.6 Å². The third kappa shape index (κ3) is 3.43. The van der Waals surface area contributed by atoms with Gasteiger partial charge in [-0.05, 0) is 64.1 Å². The first-order valence-corrected chi connectivity index (χ1v) is 7.17. The summed E-state index contributed by atoms with van der Waals surface area (Å²) in [4.78, 5) is 2.53. The highest BCUT2D eigenvalue weighted by molar-refractivity contribution is 4.90. The number of hydrogen-bond donors (Lipinski definition) is 2. The number of aliphatic hydroxyl groups excluding tert-OH is 1. The van der Waals surface area contributed by atoms with E-state index in [0.29, 0.717) is 5.41 Å². The topological polar surface area (TPSA) is 49.5 Å². The van der Waals surface area contributed by atoms with Crippen LogP contribution >= 0.6 is 0 Å². The van der Waals surface area contributed by atoms with E-state index < -0.39 is 5.54 Å². The minimum atomic E-state index is -0.400. The van der Waals surface area contributed by atoms with Gasteiger partial charge in [-0.1, -0.05) is 12.8 Å². The Morgan fingerprint density at radius 2 is 1.76 bits per heavy atom. The molecule has 0 radical (unpaired) electrons. The Bertz CT molecular complexity index is 237. The van der Waals surface area contributed by atoms with Gasteiger partial charge in [-0.3, -0.25) is 0 Å². The Kier molecular flexibility index (Phi) is 4.11. The molecule has 0 aromatic rings. The molecule has 1 atom stereocenters. The molecule has 0 aromatic heterocycles. The summed E-state index contributed by atoms with van der Waals surface area (Å²) in [6.07, 6.45) is 9.49. The predicted octanol–water partition coefficient (Wildman–Crippen LogP) is 1.74. The second-order valence-corrected chi connectivity index (χ2v) is 6.61. The van der Waals surface area contributed by atoms with Crippen LogP contribution in [0.3, 0.4) is 0 Å². The summed E-state index contributed by atoms with van der Waals surface area (Å²) >= 11 is 0. The van der Waals surface area contributed by atoms with Crippen molar-refractivity contribution in [3.63, 3.8) is 0 Å². The molecular formula is C14H28N2O. The molecule has 3 heteroatoms. The number of piperidine rings is 1. The number of nitrogens with zero attached hydrogens (tertiary/aromatic N) is 1. The van der Waals surface area contributed by atoms with Crippen molar-refractivity contribution in [2.75, 3.05) is 26.2 Å². The van der Waals surface area contributed by atoms with E-state index >= 15 is 0 Å². The fourth-order valence-electron chi connectivity index (χ4n) is 3.37. The van der Waals surface area contributed by atoms with Crippen molar-refractivity contribution in [1.82, 2.24) is 4.90 Å².